The lowest BCUT2D eigenvalue weighted by Crippen LogP contribution is -2.46. The van der Waals surface area contributed by atoms with Gasteiger partial charge in [-0.25, -0.2) is 13.1 Å². The summed E-state index contributed by atoms with van der Waals surface area (Å²) < 4.78 is 38.1. The molecule has 0 unspecified atom stereocenters. The summed E-state index contributed by atoms with van der Waals surface area (Å²) in [6.07, 6.45) is 1.82. The van der Waals surface area contributed by atoms with Crippen molar-refractivity contribution >= 4 is 27.5 Å². The Kier molecular flexibility index (Phi) is 8.43. The summed E-state index contributed by atoms with van der Waals surface area (Å²) in [5.41, 5.74) is 1.33. The lowest BCUT2D eigenvalue weighted by atomic mass is 10.1. The van der Waals surface area contributed by atoms with Crippen LogP contribution < -0.4 is 19.7 Å². The van der Waals surface area contributed by atoms with Crippen molar-refractivity contribution in [2.24, 2.45) is 0 Å². The first-order valence-electron chi connectivity index (χ1n) is 10.7. The summed E-state index contributed by atoms with van der Waals surface area (Å²) in [4.78, 5) is 26.9. The Balaban J connectivity index is 1.69. The number of para-hydroxylation sites is 1. The molecule has 3 rings (SSSR count). The van der Waals surface area contributed by atoms with Crippen molar-refractivity contribution in [3.8, 4) is 5.75 Å². The molecule has 1 saturated heterocycles. The summed E-state index contributed by atoms with van der Waals surface area (Å²) >= 11 is 0. The first-order valence-corrected chi connectivity index (χ1v) is 12.2. The standard InChI is InChI=1S/C23H29N3O6S/c1-17-6-3-4-8-21(17)26(16-22(27)24-14-19-7-5-13-32-19)23(28)15-25-33(29,30)20-11-9-18(31-2)10-12-20/h3-4,6,8-12,19,25H,5,7,13-16H2,1-2H3,(H,24,27)/t19-/m0/s1. The maximum atomic E-state index is 13.0. The molecule has 33 heavy (non-hydrogen) atoms. The Morgan fingerprint density at radius 2 is 1.88 bits per heavy atom. The van der Waals surface area contributed by atoms with E-state index in [1.54, 1.807) is 12.1 Å². The molecule has 9 nitrogen and oxygen atoms in total. The van der Waals surface area contributed by atoms with Crippen molar-refractivity contribution in [3.05, 3.63) is 54.1 Å². The highest BCUT2D eigenvalue weighted by molar-refractivity contribution is 7.89. The Morgan fingerprint density at radius 1 is 1.15 bits per heavy atom. The van der Waals surface area contributed by atoms with Gasteiger partial charge in [-0.05, 0) is 55.7 Å². The molecule has 0 radical (unpaired) electrons. The fourth-order valence-electron chi connectivity index (χ4n) is 3.50. The normalized spacial score (nSPS) is 15.8. The molecule has 10 heteroatoms. The van der Waals surface area contributed by atoms with Crippen LogP contribution in [-0.2, 0) is 24.3 Å². The van der Waals surface area contributed by atoms with Gasteiger partial charge in [-0.3, -0.25) is 9.59 Å². The highest BCUT2D eigenvalue weighted by Gasteiger charge is 2.24. The number of sulfonamides is 1. The maximum Gasteiger partial charge on any atom is 0.242 e. The van der Waals surface area contributed by atoms with Crippen LogP contribution in [0.1, 0.15) is 18.4 Å². The molecule has 178 valence electrons. The van der Waals surface area contributed by atoms with Crippen LogP contribution >= 0.6 is 0 Å². The SMILES string of the molecule is COc1ccc(S(=O)(=O)NCC(=O)N(CC(=O)NC[C@@H]2CCCO2)c2ccccc2C)cc1. The van der Waals surface area contributed by atoms with Gasteiger partial charge in [0.2, 0.25) is 21.8 Å². The number of methoxy groups -OCH3 is 1. The van der Waals surface area contributed by atoms with E-state index in [1.165, 1.54) is 36.3 Å². The topological polar surface area (TPSA) is 114 Å². The molecular formula is C23H29N3O6S. The number of nitrogens with zero attached hydrogens (tertiary/aromatic N) is 1. The smallest absolute Gasteiger partial charge is 0.242 e. The van der Waals surface area contributed by atoms with E-state index in [-0.39, 0.29) is 23.5 Å². The van der Waals surface area contributed by atoms with Gasteiger partial charge >= 0.3 is 0 Å². The number of nitrogens with one attached hydrogen (secondary N) is 2. The van der Waals surface area contributed by atoms with Gasteiger partial charge in [0.15, 0.2) is 0 Å². The molecule has 0 bridgehead atoms. The highest BCUT2D eigenvalue weighted by atomic mass is 32.2. The molecule has 0 aliphatic carbocycles. The van der Waals surface area contributed by atoms with E-state index in [1.807, 2.05) is 19.1 Å². The molecule has 0 saturated carbocycles. The van der Waals surface area contributed by atoms with E-state index in [0.717, 1.165) is 18.4 Å². The molecule has 2 amide bonds. The van der Waals surface area contributed by atoms with Gasteiger partial charge in [0.25, 0.3) is 0 Å². The van der Waals surface area contributed by atoms with E-state index < -0.39 is 22.5 Å². The van der Waals surface area contributed by atoms with Crippen LogP contribution in [0, 0.1) is 6.92 Å². The molecule has 2 aromatic rings. The number of benzene rings is 2. The molecule has 1 heterocycles. The van der Waals surface area contributed by atoms with Gasteiger partial charge < -0.3 is 19.7 Å². The molecule has 1 fully saturated rings. The Labute approximate surface area is 194 Å². The predicted octanol–water partition coefficient (Wildman–Crippen LogP) is 1.61. The Bertz CT molecular complexity index is 1070. The van der Waals surface area contributed by atoms with E-state index in [2.05, 4.69) is 10.0 Å². The zero-order chi connectivity index (χ0) is 23.8. The second kappa shape index (κ2) is 11.3. The molecule has 1 aliphatic rings. The highest BCUT2D eigenvalue weighted by Crippen LogP contribution is 2.20. The minimum absolute atomic E-state index is 0.00727. The first-order chi connectivity index (χ1) is 15.8. The number of carbonyl (C=O) groups is 2. The van der Waals surface area contributed by atoms with Gasteiger partial charge in [-0.2, -0.15) is 0 Å². The van der Waals surface area contributed by atoms with E-state index in [4.69, 9.17) is 9.47 Å². The van der Waals surface area contributed by atoms with Crippen molar-refractivity contribution in [2.45, 2.75) is 30.8 Å². The molecular weight excluding hydrogens is 446 g/mol. The summed E-state index contributed by atoms with van der Waals surface area (Å²) in [5.74, 6) is -0.376. The molecule has 1 atom stereocenters. The van der Waals surface area contributed by atoms with Crippen molar-refractivity contribution in [1.29, 1.82) is 0 Å². The number of amides is 2. The summed E-state index contributed by atoms with van der Waals surface area (Å²) in [6.45, 7) is 2.14. The lowest BCUT2D eigenvalue weighted by Gasteiger charge is -2.24. The average molecular weight is 476 g/mol. The summed E-state index contributed by atoms with van der Waals surface area (Å²) in [6, 6.07) is 13.0. The van der Waals surface area contributed by atoms with Crippen LogP contribution in [0.3, 0.4) is 0 Å². The van der Waals surface area contributed by atoms with E-state index in [0.29, 0.717) is 24.6 Å². The molecule has 1 aliphatic heterocycles. The predicted molar refractivity (Wildman–Crippen MR) is 124 cm³/mol. The Hall–Kier alpha value is -2.95. The molecule has 0 spiro atoms. The van der Waals surface area contributed by atoms with Crippen molar-refractivity contribution in [1.82, 2.24) is 10.0 Å². The van der Waals surface area contributed by atoms with Gasteiger partial charge in [-0.1, -0.05) is 18.2 Å². The number of hydrogen-bond acceptors (Lipinski definition) is 6. The van der Waals surface area contributed by atoms with Crippen molar-refractivity contribution in [2.75, 3.05) is 38.3 Å². The fourth-order valence-corrected chi connectivity index (χ4v) is 4.47. The van der Waals surface area contributed by atoms with Crippen LogP contribution in [0.4, 0.5) is 5.69 Å². The number of carbonyl (C=O) groups excluding carboxylic acids is 2. The minimum atomic E-state index is -3.93. The zero-order valence-corrected chi connectivity index (χ0v) is 19.6. The third-order valence-corrected chi connectivity index (χ3v) is 6.76. The third-order valence-electron chi connectivity index (χ3n) is 5.34. The number of ether oxygens (including phenoxy) is 2. The van der Waals surface area contributed by atoms with Crippen LogP contribution in [0.15, 0.2) is 53.4 Å². The summed E-state index contributed by atoms with van der Waals surface area (Å²) in [7, 11) is -2.44. The van der Waals surface area contributed by atoms with Gasteiger partial charge in [0, 0.05) is 18.8 Å². The van der Waals surface area contributed by atoms with Gasteiger partial charge in [0.05, 0.1) is 24.7 Å². The van der Waals surface area contributed by atoms with Crippen molar-refractivity contribution in [3.63, 3.8) is 0 Å². The van der Waals surface area contributed by atoms with E-state index >= 15 is 0 Å². The number of aryl methyl sites for hydroxylation is 1. The van der Waals surface area contributed by atoms with Crippen LogP contribution in [-0.4, -0.2) is 59.7 Å². The average Bonchev–Trinajstić information content (AvgIpc) is 3.34. The van der Waals surface area contributed by atoms with Gasteiger partial charge in [0.1, 0.15) is 12.3 Å². The zero-order valence-electron chi connectivity index (χ0n) is 18.7. The lowest BCUT2D eigenvalue weighted by molar-refractivity contribution is -0.123. The maximum absolute atomic E-state index is 13.0. The monoisotopic (exact) mass is 475 g/mol. The van der Waals surface area contributed by atoms with Gasteiger partial charge in [-0.15, -0.1) is 0 Å². The second-order valence-corrected chi connectivity index (χ2v) is 9.47. The van der Waals surface area contributed by atoms with Crippen molar-refractivity contribution < 1.29 is 27.5 Å². The summed E-state index contributed by atoms with van der Waals surface area (Å²) in [5, 5.41) is 2.80. The molecule has 0 aromatic heterocycles. The first kappa shape index (κ1) is 24.7. The Morgan fingerprint density at radius 3 is 2.52 bits per heavy atom. The van der Waals surface area contributed by atoms with E-state index in [9.17, 15) is 18.0 Å². The quantitative estimate of drug-likeness (QED) is 0.540. The largest absolute Gasteiger partial charge is 0.497 e. The fraction of sp³-hybridized carbons (Fsp3) is 0.391. The molecule has 2 aromatic carbocycles. The van der Waals surface area contributed by atoms with Crippen LogP contribution in [0.5, 0.6) is 5.75 Å². The van der Waals surface area contributed by atoms with Crippen LogP contribution in [0.25, 0.3) is 0 Å². The second-order valence-electron chi connectivity index (χ2n) is 7.71. The van der Waals surface area contributed by atoms with Crippen LogP contribution in [0.2, 0.25) is 0 Å². The number of hydrogen-bond donors (Lipinski definition) is 2. The number of anilines is 1. The number of rotatable bonds is 10. The minimum Gasteiger partial charge on any atom is -0.497 e. The third kappa shape index (κ3) is 6.77. The molecule has 2 N–H and O–H groups in total.